The Morgan fingerprint density at radius 2 is 2.25 bits per heavy atom. The summed E-state index contributed by atoms with van der Waals surface area (Å²) in [6, 6.07) is -0.507. The molecule has 0 bridgehead atoms. The molecule has 6 nitrogen and oxygen atoms in total. The quantitative estimate of drug-likeness (QED) is 0.622. The van der Waals surface area contributed by atoms with Crippen LogP contribution in [0.4, 0.5) is 0 Å². The largest absolute Gasteiger partial charge is 0.461 e. The Kier molecular flexibility index (Phi) is 5.21. The first-order valence-electron chi connectivity index (χ1n) is 5.15. The first kappa shape index (κ1) is 12.9. The Morgan fingerprint density at radius 3 is 2.75 bits per heavy atom. The highest BCUT2D eigenvalue weighted by Crippen LogP contribution is 2.08. The molecule has 1 fully saturated rings. The summed E-state index contributed by atoms with van der Waals surface area (Å²) in [5.74, 6) is -0.522. The second-order valence-electron chi connectivity index (χ2n) is 3.60. The van der Waals surface area contributed by atoms with Crippen molar-refractivity contribution in [2.45, 2.75) is 25.0 Å². The fourth-order valence-electron chi connectivity index (χ4n) is 1.44. The molecule has 1 heterocycles. The Labute approximate surface area is 94.2 Å². The zero-order chi connectivity index (χ0) is 12.0. The fraction of sp³-hybridized carbons (Fsp3) is 0.800. The number of carbonyl (C=O) groups is 2. The molecule has 16 heavy (non-hydrogen) atoms. The zero-order valence-electron chi connectivity index (χ0n) is 9.52. The van der Waals surface area contributed by atoms with E-state index in [2.05, 4.69) is 5.32 Å². The average Bonchev–Trinajstić information content (AvgIpc) is 2.70. The van der Waals surface area contributed by atoms with Crippen molar-refractivity contribution < 1.29 is 23.8 Å². The highest BCUT2D eigenvalue weighted by atomic mass is 16.6. The predicted octanol–water partition coefficient (Wildman–Crippen LogP) is -0.530. The third-order valence-electron chi connectivity index (χ3n) is 2.38. The molecule has 6 heteroatoms. The van der Waals surface area contributed by atoms with Gasteiger partial charge in [-0.15, -0.1) is 0 Å². The van der Waals surface area contributed by atoms with Gasteiger partial charge in [-0.1, -0.05) is 0 Å². The number of rotatable bonds is 6. The normalized spacial score (nSPS) is 21.6. The Balaban J connectivity index is 2.26. The Morgan fingerprint density at radius 1 is 1.50 bits per heavy atom. The van der Waals surface area contributed by atoms with E-state index >= 15 is 0 Å². The molecule has 0 aromatic rings. The monoisotopic (exact) mass is 231 g/mol. The van der Waals surface area contributed by atoms with E-state index in [4.69, 9.17) is 14.2 Å². The molecular weight excluding hydrogens is 214 g/mol. The molecule has 0 aromatic heterocycles. The Hall–Kier alpha value is -1.14. The molecule has 1 amide bonds. The van der Waals surface area contributed by atoms with Crippen molar-refractivity contribution in [3.63, 3.8) is 0 Å². The van der Waals surface area contributed by atoms with Gasteiger partial charge in [0.05, 0.1) is 6.61 Å². The minimum absolute atomic E-state index is 0.109. The molecule has 1 aliphatic heterocycles. The molecule has 0 saturated carbocycles. The molecule has 0 spiro atoms. The lowest BCUT2D eigenvalue weighted by atomic mass is 10.2. The van der Waals surface area contributed by atoms with Crippen molar-refractivity contribution in [1.29, 1.82) is 0 Å². The SMILES string of the molecule is COCC(COC(=O)[C@@H]1CCC(=O)N1)OC. The van der Waals surface area contributed by atoms with Crippen molar-refractivity contribution in [3.8, 4) is 0 Å². The van der Waals surface area contributed by atoms with Crippen LogP contribution in [0.5, 0.6) is 0 Å². The van der Waals surface area contributed by atoms with E-state index in [-0.39, 0.29) is 18.6 Å². The maximum absolute atomic E-state index is 11.5. The van der Waals surface area contributed by atoms with Crippen LogP contribution in [0.15, 0.2) is 0 Å². The Bertz CT molecular complexity index is 256. The molecule has 1 rings (SSSR count). The van der Waals surface area contributed by atoms with E-state index in [1.54, 1.807) is 7.11 Å². The lowest BCUT2D eigenvalue weighted by Gasteiger charge is -2.16. The van der Waals surface area contributed by atoms with E-state index in [1.807, 2.05) is 0 Å². The summed E-state index contributed by atoms with van der Waals surface area (Å²) in [6.45, 7) is 0.496. The lowest BCUT2D eigenvalue weighted by Crippen LogP contribution is -2.36. The zero-order valence-corrected chi connectivity index (χ0v) is 9.52. The second kappa shape index (κ2) is 6.44. The summed E-state index contributed by atoms with van der Waals surface area (Å²) in [5, 5.41) is 2.54. The summed E-state index contributed by atoms with van der Waals surface area (Å²) in [4.78, 5) is 22.4. The van der Waals surface area contributed by atoms with Gasteiger partial charge in [-0.05, 0) is 6.42 Å². The number of carbonyl (C=O) groups excluding carboxylic acids is 2. The predicted molar refractivity (Wildman–Crippen MR) is 54.8 cm³/mol. The standard InChI is InChI=1S/C10H17NO5/c1-14-5-7(15-2)6-16-10(13)8-3-4-9(12)11-8/h7-8H,3-6H2,1-2H3,(H,11,12)/t7?,8-/m0/s1. The van der Waals surface area contributed by atoms with Gasteiger partial charge in [0.25, 0.3) is 0 Å². The van der Waals surface area contributed by atoms with Crippen LogP contribution in [0.2, 0.25) is 0 Å². The highest BCUT2D eigenvalue weighted by Gasteiger charge is 2.28. The molecule has 1 unspecified atom stereocenters. The summed E-state index contributed by atoms with van der Waals surface area (Å²) in [5.41, 5.74) is 0. The van der Waals surface area contributed by atoms with Gasteiger partial charge in [-0.3, -0.25) is 4.79 Å². The van der Waals surface area contributed by atoms with Gasteiger partial charge in [0, 0.05) is 20.6 Å². The summed E-state index contributed by atoms with van der Waals surface area (Å²) in [7, 11) is 3.07. The number of hydrogen-bond acceptors (Lipinski definition) is 5. The van der Waals surface area contributed by atoms with Gasteiger partial charge in [0.2, 0.25) is 5.91 Å². The molecule has 1 saturated heterocycles. The summed E-state index contributed by atoms with van der Waals surface area (Å²) in [6.07, 6.45) is 0.608. The summed E-state index contributed by atoms with van der Waals surface area (Å²) < 4.78 is 14.9. The number of hydrogen-bond donors (Lipinski definition) is 1. The van der Waals surface area contributed by atoms with Crippen molar-refractivity contribution in [2.75, 3.05) is 27.4 Å². The van der Waals surface area contributed by atoms with Gasteiger partial charge < -0.3 is 19.5 Å². The number of amides is 1. The van der Waals surface area contributed by atoms with Gasteiger partial charge in [-0.25, -0.2) is 4.79 Å². The molecule has 0 aromatic carbocycles. The smallest absolute Gasteiger partial charge is 0.328 e. The first-order valence-corrected chi connectivity index (χ1v) is 5.15. The van der Waals surface area contributed by atoms with Crippen molar-refractivity contribution in [2.24, 2.45) is 0 Å². The van der Waals surface area contributed by atoms with Gasteiger partial charge in [-0.2, -0.15) is 0 Å². The third kappa shape index (κ3) is 3.79. The lowest BCUT2D eigenvalue weighted by molar-refractivity contribution is -0.151. The third-order valence-corrected chi connectivity index (χ3v) is 2.38. The number of methoxy groups -OCH3 is 2. The van der Waals surface area contributed by atoms with Crippen molar-refractivity contribution >= 4 is 11.9 Å². The molecular formula is C10H17NO5. The molecule has 0 aliphatic carbocycles. The van der Waals surface area contributed by atoms with Crippen LogP contribution in [0, 0.1) is 0 Å². The first-order chi connectivity index (χ1) is 7.67. The van der Waals surface area contributed by atoms with E-state index < -0.39 is 12.0 Å². The van der Waals surface area contributed by atoms with E-state index in [0.29, 0.717) is 19.4 Å². The second-order valence-corrected chi connectivity index (χ2v) is 3.60. The minimum atomic E-state index is -0.507. The van der Waals surface area contributed by atoms with Crippen molar-refractivity contribution in [3.05, 3.63) is 0 Å². The maximum atomic E-state index is 11.5. The molecule has 1 N–H and O–H groups in total. The van der Waals surface area contributed by atoms with E-state index in [0.717, 1.165) is 0 Å². The van der Waals surface area contributed by atoms with Gasteiger partial charge >= 0.3 is 5.97 Å². The van der Waals surface area contributed by atoms with Crippen molar-refractivity contribution in [1.82, 2.24) is 5.32 Å². The summed E-state index contributed by atoms with van der Waals surface area (Å²) >= 11 is 0. The number of esters is 1. The fourth-order valence-corrected chi connectivity index (χ4v) is 1.44. The van der Waals surface area contributed by atoms with Crippen LogP contribution < -0.4 is 5.32 Å². The van der Waals surface area contributed by atoms with Gasteiger partial charge in [0.1, 0.15) is 18.8 Å². The minimum Gasteiger partial charge on any atom is -0.461 e. The van der Waals surface area contributed by atoms with Gasteiger partial charge in [0.15, 0.2) is 0 Å². The molecule has 2 atom stereocenters. The average molecular weight is 231 g/mol. The molecule has 92 valence electrons. The number of nitrogens with one attached hydrogen (secondary N) is 1. The van der Waals surface area contributed by atoms with Crippen LogP contribution in [0.3, 0.4) is 0 Å². The van der Waals surface area contributed by atoms with E-state index in [1.165, 1.54) is 7.11 Å². The van der Waals surface area contributed by atoms with Crippen LogP contribution in [0.25, 0.3) is 0 Å². The highest BCUT2D eigenvalue weighted by molar-refractivity contribution is 5.88. The van der Waals surface area contributed by atoms with Crippen LogP contribution in [-0.4, -0.2) is 51.5 Å². The van der Waals surface area contributed by atoms with Crippen LogP contribution in [-0.2, 0) is 23.8 Å². The maximum Gasteiger partial charge on any atom is 0.328 e. The van der Waals surface area contributed by atoms with Crippen LogP contribution >= 0.6 is 0 Å². The number of ether oxygens (including phenoxy) is 3. The molecule has 1 aliphatic rings. The van der Waals surface area contributed by atoms with Crippen LogP contribution in [0.1, 0.15) is 12.8 Å². The molecule has 0 radical (unpaired) electrons. The topological polar surface area (TPSA) is 73.9 Å². The van der Waals surface area contributed by atoms with E-state index in [9.17, 15) is 9.59 Å².